The molecule has 29 heavy (non-hydrogen) atoms. The summed E-state index contributed by atoms with van der Waals surface area (Å²) in [7, 11) is 0. The number of hydrogen-bond acceptors (Lipinski definition) is 2. The summed E-state index contributed by atoms with van der Waals surface area (Å²) < 4.78 is 66.5. The number of aromatic amines is 1. The van der Waals surface area contributed by atoms with Crippen molar-refractivity contribution in [3.8, 4) is 0 Å². The van der Waals surface area contributed by atoms with Crippen LogP contribution in [-0.2, 0) is 0 Å². The monoisotopic (exact) mass is 432 g/mol. The SMILES string of the molecule is O=C(NC(c1ccc(F)c(F)c1)C(F)(F)F)c1cc2cc(C(=O)O)c(Cl)cc2[nH]1. The first-order chi connectivity index (χ1) is 13.5. The number of carbonyl (C=O) groups is 2. The molecule has 3 aromatic rings. The molecule has 0 aliphatic rings. The van der Waals surface area contributed by atoms with Crippen molar-refractivity contribution in [3.63, 3.8) is 0 Å². The Labute approximate surface area is 164 Å². The van der Waals surface area contributed by atoms with Crippen LogP contribution in [0.2, 0.25) is 5.02 Å². The first-order valence-corrected chi connectivity index (χ1v) is 8.23. The van der Waals surface area contributed by atoms with Crippen LogP contribution in [0, 0.1) is 11.6 Å². The molecule has 0 saturated heterocycles. The first kappa shape index (κ1) is 20.6. The Kier molecular flexibility index (Phi) is 5.22. The van der Waals surface area contributed by atoms with Gasteiger partial charge in [0.05, 0.1) is 10.6 Å². The Balaban J connectivity index is 1.95. The molecular weight excluding hydrogens is 423 g/mol. The Morgan fingerprint density at radius 2 is 1.76 bits per heavy atom. The second kappa shape index (κ2) is 7.36. The quantitative estimate of drug-likeness (QED) is 0.516. The summed E-state index contributed by atoms with van der Waals surface area (Å²) in [5.74, 6) is -5.34. The molecule has 152 valence electrons. The number of carboxylic acids is 1. The number of nitrogens with one attached hydrogen (secondary N) is 2. The van der Waals surface area contributed by atoms with Crippen molar-refractivity contribution in [1.29, 1.82) is 0 Å². The number of carboxylic acid groups (broad SMARTS) is 1. The largest absolute Gasteiger partial charge is 0.478 e. The van der Waals surface area contributed by atoms with Gasteiger partial charge in [-0.05, 0) is 35.9 Å². The fourth-order valence-corrected chi connectivity index (χ4v) is 2.94. The van der Waals surface area contributed by atoms with Crippen LogP contribution in [0.3, 0.4) is 0 Å². The van der Waals surface area contributed by atoms with Crippen LogP contribution in [0.15, 0.2) is 36.4 Å². The minimum Gasteiger partial charge on any atom is -0.478 e. The molecule has 3 N–H and O–H groups in total. The van der Waals surface area contributed by atoms with Crippen molar-refractivity contribution in [2.45, 2.75) is 12.2 Å². The zero-order valence-electron chi connectivity index (χ0n) is 14.1. The van der Waals surface area contributed by atoms with Gasteiger partial charge in [-0.1, -0.05) is 17.7 Å². The fraction of sp³-hybridized carbons (Fsp3) is 0.111. The number of aromatic nitrogens is 1. The number of aromatic carboxylic acids is 1. The second-order valence-corrected chi connectivity index (χ2v) is 6.44. The number of hydrogen-bond donors (Lipinski definition) is 3. The van der Waals surface area contributed by atoms with Crippen molar-refractivity contribution >= 4 is 34.4 Å². The van der Waals surface area contributed by atoms with Gasteiger partial charge in [-0.2, -0.15) is 13.2 Å². The number of fused-ring (bicyclic) bond motifs is 1. The minimum atomic E-state index is -4.99. The Bertz CT molecular complexity index is 1130. The third-order valence-electron chi connectivity index (χ3n) is 4.06. The average Bonchev–Trinajstić information content (AvgIpc) is 3.03. The van der Waals surface area contributed by atoms with Gasteiger partial charge >= 0.3 is 12.1 Å². The Hall–Kier alpha value is -3.14. The van der Waals surface area contributed by atoms with Crippen LogP contribution in [0.5, 0.6) is 0 Å². The molecule has 0 radical (unpaired) electrons. The molecule has 0 aliphatic carbocycles. The van der Waals surface area contributed by atoms with E-state index in [1.54, 1.807) is 5.32 Å². The molecule has 3 rings (SSSR count). The van der Waals surface area contributed by atoms with Crippen molar-refractivity contribution in [3.05, 3.63) is 69.9 Å². The molecule has 11 heteroatoms. The number of H-pyrrole nitrogens is 1. The highest BCUT2D eigenvalue weighted by molar-refractivity contribution is 6.34. The standard InChI is InChI=1S/C18H10ClF5N2O3/c19-10-6-13-8(3-9(10)17(28)29)5-14(25-13)16(27)26-15(18(22,23)24)7-1-2-11(20)12(21)4-7/h1-6,15,25H,(H,26,27)(H,28,29). The molecule has 1 atom stereocenters. The maximum absolute atomic E-state index is 13.4. The van der Waals surface area contributed by atoms with Crippen LogP contribution in [-0.4, -0.2) is 28.1 Å². The molecule has 5 nitrogen and oxygen atoms in total. The van der Waals surface area contributed by atoms with Crippen LogP contribution >= 0.6 is 11.6 Å². The Morgan fingerprint density at radius 1 is 1.07 bits per heavy atom. The molecule has 0 aliphatic heterocycles. The van der Waals surface area contributed by atoms with Crippen LogP contribution in [0.25, 0.3) is 10.9 Å². The summed E-state index contributed by atoms with van der Waals surface area (Å²) in [4.78, 5) is 26.0. The summed E-state index contributed by atoms with van der Waals surface area (Å²) in [6.45, 7) is 0. The molecule has 0 bridgehead atoms. The molecule has 1 unspecified atom stereocenters. The molecule has 1 amide bonds. The van der Waals surface area contributed by atoms with E-state index in [0.29, 0.717) is 18.2 Å². The van der Waals surface area contributed by atoms with Crippen LogP contribution < -0.4 is 5.32 Å². The molecule has 2 aromatic carbocycles. The van der Waals surface area contributed by atoms with Gasteiger partial charge < -0.3 is 15.4 Å². The van der Waals surface area contributed by atoms with Crippen molar-refractivity contribution in [2.24, 2.45) is 0 Å². The highest BCUT2D eigenvalue weighted by Crippen LogP contribution is 2.34. The lowest BCUT2D eigenvalue weighted by Crippen LogP contribution is -2.38. The number of amides is 1. The maximum Gasteiger partial charge on any atom is 0.412 e. The molecule has 1 heterocycles. The number of rotatable bonds is 4. The topological polar surface area (TPSA) is 82.2 Å². The number of benzene rings is 2. The zero-order valence-corrected chi connectivity index (χ0v) is 14.8. The summed E-state index contributed by atoms with van der Waals surface area (Å²) >= 11 is 5.82. The number of alkyl halides is 3. The average molecular weight is 433 g/mol. The summed E-state index contributed by atoms with van der Waals surface area (Å²) in [6.07, 6.45) is -4.99. The van der Waals surface area contributed by atoms with Crippen molar-refractivity contribution in [1.82, 2.24) is 10.3 Å². The van der Waals surface area contributed by atoms with E-state index in [4.69, 9.17) is 16.7 Å². The van der Waals surface area contributed by atoms with E-state index in [9.17, 15) is 31.5 Å². The number of halogens is 6. The van der Waals surface area contributed by atoms with Gasteiger partial charge in [0.25, 0.3) is 5.91 Å². The van der Waals surface area contributed by atoms with E-state index < -0.39 is 41.3 Å². The van der Waals surface area contributed by atoms with Gasteiger partial charge in [0.1, 0.15) is 5.69 Å². The lowest BCUT2D eigenvalue weighted by molar-refractivity contribution is -0.155. The van der Waals surface area contributed by atoms with E-state index >= 15 is 0 Å². The molecule has 0 spiro atoms. The van der Waals surface area contributed by atoms with E-state index in [1.165, 1.54) is 6.07 Å². The minimum absolute atomic E-state index is 0.131. The van der Waals surface area contributed by atoms with E-state index in [-0.39, 0.29) is 27.2 Å². The lowest BCUT2D eigenvalue weighted by atomic mass is 10.1. The predicted octanol–water partition coefficient (Wildman–Crippen LogP) is 4.83. The van der Waals surface area contributed by atoms with Crippen molar-refractivity contribution < 1.29 is 36.6 Å². The highest BCUT2D eigenvalue weighted by Gasteiger charge is 2.42. The Morgan fingerprint density at radius 3 is 2.34 bits per heavy atom. The normalized spacial score (nSPS) is 12.8. The predicted molar refractivity (Wildman–Crippen MR) is 92.9 cm³/mol. The lowest BCUT2D eigenvalue weighted by Gasteiger charge is -2.22. The zero-order chi connectivity index (χ0) is 21.5. The van der Waals surface area contributed by atoms with Crippen LogP contribution in [0.4, 0.5) is 22.0 Å². The van der Waals surface area contributed by atoms with Crippen LogP contribution in [0.1, 0.15) is 32.5 Å². The summed E-state index contributed by atoms with van der Waals surface area (Å²) in [5.41, 5.74) is -1.03. The van der Waals surface area contributed by atoms with E-state index in [1.807, 2.05) is 0 Å². The number of carbonyl (C=O) groups excluding carboxylic acids is 1. The van der Waals surface area contributed by atoms with Gasteiger partial charge in [0, 0.05) is 10.9 Å². The third kappa shape index (κ3) is 4.16. The van der Waals surface area contributed by atoms with Gasteiger partial charge in [-0.15, -0.1) is 0 Å². The first-order valence-electron chi connectivity index (χ1n) is 7.85. The van der Waals surface area contributed by atoms with Gasteiger partial charge in [0.15, 0.2) is 17.7 Å². The second-order valence-electron chi connectivity index (χ2n) is 6.03. The summed E-state index contributed by atoms with van der Waals surface area (Å²) in [6, 6.07) is 2.49. The molecular formula is C18H10ClF5N2O3. The maximum atomic E-state index is 13.4. The molecule has 0 saturated carbocycles. The third-order valence-corrected chi connectivity index (χ3v) is 4.38. The van der Waals surface area contributed by atoms with Gasteiger partial charge in [-0.25, -0.2) is 13.6 Å². The smallest absolute Gasteiger partial charge is 0.412 e. The van der Waals surface area contributed by atoms with Gasteiger partial charge in [0.2, 0.25) is 0 Å². The molecule has 0 fully saturated rings. The van der Waals surface area contributed by atoms with Gasteiger partial charge in [-0.3, -0.25) is 4.79 Å². The fourth-order valence-electron chi connectivity index (χ4n) is 2.70. The van der Waals surface area contributed by atoms with Crippen molar-refractivity contribution in [2.75, 3.05) is 0 Å². The summed E-state index contributed by atoms with van der Waals surface area (Å²) in [5, 5.41) is 10.9. The van der Waals surface area contributed by atoms with E-state index in [2.05, 4.69) is 4.98 Å². The molecule has 1 aromatic heterocycles. The van der Waals surface area contributed by atoms with E-state index in [0.717, 1.165) is 12.1 Å². The highest BCUT2D eigenvalue weighted by atomic mass is 35.5.